The standard InChI is InChI=1S/C12H25N/c1-4-10(3)11-8-6-7-9-12(11)13-5-2/h10-13H,4-9H2,1-3H3. The maximum absolute atomic E-state index is 3.65. The molecule has 1 N–H and O–H groups in total. The van der Waals surface area contributed by atoms with Gasteiger partial charge in [-0.1, -0.05) is 40.0 Å². The zero-order valence-electron chi connectivity index (χ0n) is 9.47. The fourth-order valence-electron chi connectivity index (χ4n) is 2.66. The summed E-state index contributed by atoms with van der Waals surface area (Å²) in [6.45, 7) is 8.10. The highest BCUT2D eigenvalue weighted by Crippen LogP contribution is 2.31. The molecule has 1 heteroatoms. The van der Waals surface area contributed by atoms with E-state index in [1.165, 1.54) is 32.1 Å². The van der Waals surface area contributed by atoms with Crippen molar-refractivity contribution in [3.05, 3.63) is 0 Å². The van der Waals surface area contributed by atoms with Crippen LogP contribution in [0.1, 0.15) is 52.9 Å². The van der Waals surface area contributed by atoms with Crippen LogP contribution in [0.25, 0.3) is 0 Å². The zero-order valence-corrected chi connectivity index (χ0v) is 9.47. The smallest absolute Gasteiger partial charge is 0.00977 e. The molecule has 78 valence electrons. The molecule has 1 aliphatic rings. The molecule has 1 fully saturated rings. The van der Waals surface area contributed by atoms with E-state index in [1.54, 1.807) is 0 Å². The number of rotatable bonds is 4. The number of hydrogen-bond donors (Lipinski definition) is 1. The fourth-order valence-corrected chi connectivity index (χ4v) is 2.66. The molecule has 1 nitrogen and oxygen atoms in total. The van der Waals surface area contributed by atoms with Crippen LogP contribution in [0.2, 0.25) is 0 Å². The van der Waals surface area contributed by atoms with E-state index in [1.807, 2.05) is 0 Å². The van der Waals surface area contributed by atoms with Crippen molar-refractivity contribution in [2.75, 3.05) is 6.54 Å². The Morgan fingerprint density at radius 1 is 1.23 bits per heavy atom. The topological polar surface area (TPSA) is 12.0 Å². The van der Waals surface area contributed by atoms with E-state index in [4.69, 9.17) is 0 Å². The third-order valence-corrected chi connectivity index (χ3v) is 3.66. The van der Waals surface area contributed by atoms with Gasteiger partial charge in [0.1, 0.15) is 0 Å². The molecule has 0 bridgehead atoms. The predicted octanol–water partition coefficient (Wildman–Crippen LogP) is 3.20. The normalized spacial score (nSPS) is 31.6. The second-order valence-corrected chi connectivity index (χ2v) is 4.50. The first-order valence-electron chi connectivity index (χ1n) is 6.03. The molecule has 3 unspecified atom stereocenters. The average Bonchev–Trinajstić information content (AvgIpc) is 2.18. The first kappa shape index (κ1) is 11.0. The Bertz CT molecular complexity index is 131. The lowest BCUT2D eigenvalue weighted by Crippen LogP contribution is -2.41. The summed E-state index contributed by atoms with van der Waals surface area (Å²) in [5.74, 6) is 1.85. The molecule has 0 aromatic carbocycles. The van der Waals surface area contributed by atoms with Gasteiger partial charge in [0.25, 0.3) is 0 Å². The molecule has 1 aliphatic carbocycles. The van der Waals surface area contributed by atoms with Crippen LogP contribution in [0.3, 0.4) is 0 Å². The Kier molecular flexibility index (Phi) is 4.79. The Balaban J connectivity index is 2.45. The summed E-state index contributed by atoms with van der Waals surface area (Å²) in [6, 6.07) is 0.814. The van der Waals surface area contributed by atoms with Gasteiger partial charge < -0.3 is 5.32 Å². The highest BCUT2D eigenvalue weighted by molar-refractivity contribution is 4.83. The minimum atomic E-state index is 0.814. The lowest BCUT2D eigenvalue weighted by molar-refractivity contribution is 0.194. The predicted molar refractivity (Wildman–Crippen MR) is 58.9 cm³/mol. The number of nitrogens with one attached hydrogen (secondary N) is 1. The third-order valence-electron chi connectivity index (χ3n) is 3.66. The van der Waals surface area contributed by atoms with Crippen molar-refractivity contribution in [2.24, 2.45) is 11.8 Å². The van der Waals surface area contributed by atoms with E-state index >= 15 is 0 Å². The first-order valence-corrected chi connectivity index (χ1v) is 6.03. The molecule has 13 heavy (non-hydrogen) atoms. The highest BCUT2D eigenvalue weighted by Gasteiger charge is 2.27. The van der Waals surface area contributed by atoms with E-state index in [0.717, 1.165) is 24.4 Å². The van der Waals surface area contributed by atoms with E-state index in [2.05, 4.69) is 26.1 Å². The van der Waals surface area contributed by atoms with Gasteiger partial charge in [-0.2, -0.15) is 0 Å². The van der Waals surface area contributed by atoms with Crippen molar-refractivity contribution in [2.45, 2.75) is 58.9 Å². The molecule has 0 saturated heterocycles. The van der Waals surface area contributed by atoms with E-state index in [9.17, 15) is 0 Å². The fraction of sp³-hybridized carbons (Fsp3) is 1.00. The van der Waals surface area contributed by atoms with Crippen molar-refractivity contribution in [1.29, 1.82) is 0 Å². The molecule has 1 saturated carbocycles. The summed E-state index contributed by atoms with van der Waals surface area (Å²) < 4.78 is 0. The van der Waals surface area contributed by atoms with Gasteiger partial charge in [0, 0.05) is 6.04 Å². The van der Waals surface area contributed by atoms with Crippen LogP contribution in [0.5, 0.6) is 0 Å². The lowest BCUT2D eigenvalue weighted by atomic mass is 9.76. The van der Waals surface area contributed by atoms with Gasteiger partial charge in [0.05, 0.1) is 0 Å². The minimum absolute atomic E-state index is 0.814. The monoisotopic (exact) mass is 183 g/mol. The summed E-state index contributed by atoms with van der Waals surface area (Å²) in [6.07, 6.45) is 7.09. The Labute approximate surface area is 83.3 Å². The number of hydrogen-bond acceptors (Lipinski definition) is 1. The van der Waals surface area contributed by atoms with Gasteiger partial charge in [-0.25, -0.2) is 0 Å². The van der Waals surface area contributed by atoms with Gasteiger partial charge in [-0.05, 0) is 31.2 Å². The van der Waals surface area contributed by atoms with Crippen molar-refractivity contribution < 1.29 is 0 Å². The maximum atomic E-state index is 3.65. The Morgan fingerprint density at radius 3 is 2.54 bits per heavy atom. The molecule has 0 heterocycles. The van der Waals surface area contributed by atoms with E-state index < -0.39 is 0 Å². The maximum Gasteiger partial charge on any atom is 0.00977 e. The van der Waals surface area contributed by atoms with Crippen LogP contribution < -0.4 is 5.32 Å². The molecular formula is C12H25N. The van der Waals surface area contributed by atoms with E-state index in [0.29, 0.717) is 0 Å². The molecule has 0 aromatic rings. The lowest BCUT2D eigenvalue weighted by Gasteiger charge is -2.35. The van der Waals surface area contributed by atoms with Crippen LogP contribution in [-0.2, 0) is 0 Å². The van der Waals surface area contributed by atoms with Gasteiger partial charge in [-0.15, -0.1) is 0 Å². The van der Waals surface area contributed by atoms with Crippen LogP contribution in [-0.4, -0.2) is 12.6 Å². The van der Waals surface area contributed by atoms with E-state index in [-0.39, 0.29) is 0 Å². The average molecular weight is 183 g/mol. The molecule has 0 aromatic heterocycles. The summed E-state index contributed by atoms with van der Waals surface area (Å²) >= 11 is 0. The summed E-state index contributed by atoms with van der Waals surface area (Å²) in [5, 5.41) is 3.65. The van der Waals surface area contributed by atoms with Crippen molar-refractivity contribution in [3.8, 4) is 0 Å². The van der Waals surface area contributed by atoms with Crippen LogP contribution in [0.4, 0.5) is 0 Å². The van der Waals surface area contributed by atoms with Crippen molar-refractivity contribution in [1.82, 2.24) is 5.32 Å². The molecule has 3 atom stereocenters. The molecule has 0 amide bonds. The minimum Gasteiger partial charge on any atom is -0.314 e. The summed E-state index contributed by atoms with van der Waals surface area (Å²) in [4.78, 5) is 0. The SMILES string of the molecule is CCNC1CCCCC1C(C)CC. The van der Waals surface area contributed by atoms with Crippen molar-refractivity contribution >= 4 is 0 Å². The Morgan fingerprint density at radius 2 is 1.92 bits per heavy atom. The quantitative estimate of drug-likeness (QED) is 0.706. The van der Waals surface area contributed by atoms with Crippen LogP contribution >= 0.6 is 0 Å². The van der Waals surface area contributed by atoms with Gasteiger partial charge >= 0.3 is 0 Å². The molecule has 0 spiro atoms. The van der Waals surface area contributed by atoms with Crippen LogP contribution in [0.15, 0.2) is 0 Å². The van der Waals surface area contributed by atoms with Crippen LogP contribution in [0, 0.1) is 11.8 Å². The Hall–Kier alpha value is -0.0400. The summed E-state index contributed by atoms with van der Waals surface area (Å²) in [5.41, 5.74) is 0. The largest absolute Gasteiger partial charge is 0.314 e. The van der Waals surface area contributed by atoms with Crippen molar-refractivity contribution in [3.63, 3.8) is 0 Å². The molecule has 0 radical (unpaired) electrons. The molecule has 0 aliphatic heterocycles. The van der Waals surface area contributed by atoms with Gasteiger partial charge in [0.15, 0.2) is 0 Å². The first-order chi connectivity index (χ1) is 6.29. The molecular weight excluding hydrogens is 158 g/mol. The zero-order chi connectivity index (χ0) is 9.68. The third kappa shape index (κ3) is 2.98. The second kappa shape index (κ2) is 5.64. The second-order valence-electron chi connectivity index (χ2n) is 4.50. The molecule has 1 rings (SSSR count). The van der Waals surface area contributed by atoms with Gasteiger partial charge in [-0.3, -0.25) is 0 Å². The van der Waals surface area contributed by atoms with Gasteiger partial charge in [0.2, 0.25) is 0 Å². The highest BCUT2D eigenvalue weighted by atomic mass is 14.9. The summed E-state index contributed by atoms with van der Waals surface area (Å²) in [7, 11) is 0.